The van der Waals surface area contributed by atoms with Crippen molar-refractivity contribution in [2.45, 2.75) is 19.9 Å². The molecule has 0 saturated heterocycles. The van der Waals surface area contributed by atoms with E-state index in [9.17, 15) is 4.39 Å². The summed E-state index contributed by atoms with van der Waals surface area (Å²) in [5, 5.41) is 4.48. The van der Waals surface area contributed by atoms with E-state index in [0.717, 1.165) is 11.4 Å². The average molecular weight is 285 g/mol. The molecule has 0 aliphatic heterocycles. The summed E-state index contributed by atoms with van der Waals surface area (Å²) in [5.41, 5.74) is 0.461. The molecule has 0 aliphatic carbocycles. The van der Waals surface area contributed by atoms with E-state index in [1.165, 1.54) is 23.5 Å². The van der Waals surface area contributed by atoms with Crippen LogP contribution >= 0.6 is 22.9 Å². The number of halogens is 2. The maximum Gasteiger partial charge on any atom is 0.133 e. The highest BCUT2D eigenvalue weighted by atomic mass is 35.5. The lowest BCUT2D eigenvalue weighted by molar-refractivity contribution is 0.606. The minimum absolute atomic E-state index is 0.225. The van der Waals surface area contributed by atoms with Crippen LogP contribution in [0.4, 0.5) is 4.39 Å². The van der Waals surface area contributed by atoms with Crippen LogP contribution in [0.1, 0.15) is 24.8 Å². The lowest BCUT2D eigenvalue weighted by Gasteiger charge is -2.08. The van der Waals surface area contributed by atoms with Gasteiger partial charge in [0.25, 0.3) is 0 Å². The first kappa shape index (κ1) is 13.5. The molecule has 2 aromatic rings. The Morgan fingerprint density at radius 1 is 1.50 bits per heavy atom. The summed E-state index contributed by atoms with van der Waals surface area (Å²) in [6.07, 6.45) is 1.79. The van der Waals surface area contributed by atoms with Gasteiger partial charge in [0.05, 0.1) is 0 Å². The van der Waals surface area contributed by atoms with E-state index in [1.54, 1.807) is 12.3 Å². The van der Waals surface area contributed by atoms with Gasteiger partial charge >= 0.3 is 0 Å². The van der Waals surface area contributed by atoms with Gasteiger partial charge in [0.2, 0.25) is 0 Å². The number of nitrogens with one attached hydrogen (secondary N) is 1. The fourth-order valence-corrected chi connectivity index (χ4v) is 2.81. The van der Waals surface area contributed by atoms with Gasteiger partial charge in [0.1, 0.15) is 10.8 Å². The molecule has 0 aliphatic rings. The molecule has 96 valence electrons. The Labute approximate surface area is 115 Å². The number of thiazole rings is 1. The van der Waals surface area contributed by atoms with Crippen LogP contribution in [0.3, 0.4) is 0 Å². The van der Waals surface area contributed by atoms with Gasteiger partial charge in [0, 0.05) is 27.7 Å². The molecular weight excluding hydrogens is 271 g/mol. The van der Waals surface area contributed by atoms with Crippen LogP contribution in [0.15, 0.2) is 24.4 Å². The summed E-state index contributed by atoms with van der Waals surface area (Å²) in [4.78, 5) is 5.36. The molecule has 2 rings (SSSR count). The zero-order chi connectivity index (χ0) is 13.1. The summed E-state index contributed by atoms with van der Waals surface area (Å²) < 4.78 is 13.7. The van der Waals surface area contributed by atoms with Crippen LogP contribution in [0.2, 0.25) is 5.02 Å². The minimum Gasteiger partial charge on any atom is -0.310 e. The zero-order valence-corrected chi connectivity index (χ0v) is 11.8. The topological polar surface area (TPSA) is 24.9 Å². The molecular formula is C13H14ClFN2S. The summed E-state index contributed by atoms with van der Waals surface area (Å²) in [5.74, 6) is -0.295. The number of nitrogens with zero attached hydrogens (tertiary/aromatic N) is 1. The first-order chi connectivity index (χ1) is 8.61. The lowest BCUT2D eigenvalue weighted by Crippen LogP contribution is -2.16. The number of rotatable bonds is 4. The summed E-state index contributed by atoms with van der Waals surface area (Å²) >= 11 is 7.37. The largest absolute Gasteiger partial charge is 0.310 e. The first-order valence-corrected chi connectivity index (χ1v) is 6.95. The van der Waals surface area contributed by atoms with Crippen molar-refractivity contribution in [3.05, 3.63) is 40.1 Å². The Morgan fingerprint density at radius 3 is 3.00 bits per heavy atom. The Kier molecular flexibility index (Phi) is 4.32. The Hall–Kier alpha value is -0.970. The highest BCUT2D eigenvalue weighted by Crippen LogP contribution is 2.31. The maximum absolute atomic E-state index is 13.7. The molecule has 0 bridgehead atoms. The molecule has 2 nitrogen and oxygen atoms in total. The zero-order valence-electron chi connectivity index (χ0n) is 10.2. The van der Waals surface area contributed by atoms with Crippen molar-refractivity contribution >= 4 is 22.9 Å². The van der Waals surface area contributed by atoms with Gasteiger partial charge in [-0.3, -0.25) is 0 Å². The van der Waals surface area contributed by atoms with Gasteiger partial charge in [-0.2, -0.15) is 0 Å². The molecule has 18 heavy (non-hydrogen) atoms. The van der Waals surface area contributed by atoms with Gasteiger partial charge < -0.3 is 5.32 Å². The van der Waals surface area contributed by atoms with E-state index in [4.69, 9.17) is 11.6 Å². The molecule has 0 saturated carbocycles. The highest BCUT2D eigenvalue weighted by Gasteiger charge is 2.13. The summed E-state index contributed by atoms with van der Waals surface area (Å²) in [6.45, 7) is 5.00. The van der Waals surface area contributed by atoms with E-state index in [-0.39, 0.29) is 11.9 Å². The van der Waals surface area contributed by atoms with Gasteiger partial charge in [-0.1, -0.05) is 18.5 Å². The van der Waals surface area contributed by atoms with E-state index < -0.39 is 0 Å². The third-order valence-corrected chi connectivity index (χ3v) is 4.07. The van der Waals surface area contributed by atoms with Gasteiger partial charge in [-0.25, -0.2) is 9.37 Å². The molecule has 0 fully saturated rings. The van der Waals surface area contributed by atoms with Crippen molar-refractivity contribution in [3.63, 3.8) is 0 Å². The molecule has 0 spiro atoms. The third kappa shape index (κ3) is 2.88. The monoisotopic (exact) mass is 284 g/mol. The molecule has 0 amide bonds. The third-order valence-electron chi connectivity index (χ3n) is 2.62. The van der Waals surface area contributed by atoms with E-state index >= 15 is 0 Å². The SMILES string of the molecule is CCNC(C)c1cnc(-c2cc(Cl)ccc2F)s1. The van der Waals surface area contributed by atoms with Crippen molar-refractivity contribution in [2.24, 2.45) is 0 Å². The molecule has 1 unspecified atom stereocenters. The first-order valence-electron chi connectivity index (χ1n) is 5.76. The van der Waals surface area contributed by atoms with Crippen LogP contribution in [0.5, 0.6) is 0 Å². The lowest BCUT2D eigenvalue weighted by atomic mass is 10.2. The van der Waals surface area contributed by atoms with Crippen LogP contribution in [-0.2, 0) is 0 Å². The van der Waals surface area contributed by atoms with E-state index in [1.807, 2.05) is 0 Å². The van der Waals surface area contributed by atoms with Gasteiger partial charge in [-0.05, 0) is 31.7 Å². The van der Waals surface area contributed by atoms with Crippen LogP contribution < -0.4 is 5.32 Å². The smallest absolute Gasteiger partial charge is 0.133 e. The molecule has 1 aromatic carbocycles. The Morgan fingerprint density at radius 2 is 2.28 bits per heavy atom. The van der Waals surface area contributed by atoms with Crippen LogP contribution in [0.25, 0.3) is 10.6 Å². The second kappa shape index (κ2) is 5.78. The summed E-state index contributed by atoms with van der Waals surface area (Å²) in [6, 6.07) is 4.74. The molecule has 1 heterocycles. The molecule has 1 atom stereocenters. The number of hydrogen-bond acceptors (Lipinski definition) is 3. The van der Waals surface area contributed by atoms with Crippen molar-refractivity contribution < 1.29 is 4.39 Å². The second-order valence-electron chi connectivity index (χ2n) is 3.97. The molecule has 1 aromatic heterocycles. The predicted octanol–water partition coefficient (Wildman–Crippen LogP) is 4.27. The Balaban J connectivity index is 2.32. The Bertz CT molecular complexity index is 542. The van der Waals surface area contributed by atoms with Gasteiger partial charge in [0.15, 0.2) is 0 Å². The number of aromatic nitrogens is 1. The van der Waals surface area contributed by atoms with E-state index in [0.29, 0.717) is 15.6 Å². The minimum atomic E-state index is -0.295. The molecule has 1 N–H and O–H groups in total. The predicted molar refractivity (Wildman–Crippen MR) is 74.6 cm³/mol. The van der Waals surface area contributed by atoms with E-state index in [2.05, 4.69) is 24.1 Å². The maximum atomic E-state index is 13.7. The highest BCUT2D eigenvalue weighted by molar-refractivity contribution is 7.15. The number of hydrogen-bond donors (Lipinski definition) is 1. The molecule has 5 heteroatoms. The average Bonchev–Trinajstić information content (AvgIpc) is 2.82. The van der Waals surface area contributed by atoms with Crippen LogP contribution in [-0.4, -0.2) is 11.5 Å². The van der Waals surface area contributed by atoms with Crippen molar-refractivity contribution in [1.82, 2.24) is 10.3 Å². The summed E-state index contributed by atoms with van der Waals surface area (Å²) in [7, 11) is 0. The van der Waals surface area contributed by atoms with Crippen molar-refractivity contribution in [1.29, 1.82) is 0 Å². The fourth-order valence-electron chi connectivity index (χ4n) is 1.68. The molecule has 0 radical (unpaired) electrons. The van der Waals surface area contributed by atoms with Gasteiger partial charge in [-0.15, -0.1) is 11.3 Å². The van der Waals surface area contributed by atoms with Crippen LogP contribution in [0, 0.1) is 5.82 Å². The quantitative estimate of drug-likeness (QED) is 0.907. The standard InChI is InChI=1S/C13H14ClFN2S/c1-3-16-8(2)12-7-17-13(18-12)10-6-9(14)4-5-11(10)15/h4-8,16H,3H2,1-2H3. The fraction of sp³-hybridized carbons (Fsp3) is 0.308. The normalized spacial score (nSPS) is 12.7. The second-order valence-corrected chi connectivity index (χ2v) is 5.47. The van der Waals surface area contributed by atoms with Crippen molar-refractivity contribution in [2.75, 3.05) is 6.54 Å². The van der Waals surface area contributed by atoms with Crippen molar-refractivity contribution in [3.8, 4) is 10.6 Å². The number of benzene rings is 1.